The molecule has 0 aromatic carbocycles. The highest BCUT2D eigenvalue weighted by molar-refractivity contribution is 9.10. The van der Waals surface area contributed by atoms with E-state index in [1.165, 1.54) is 24.2 Å². The van der Waals surface area contributed by atoms with Crippen LogP contribution in [-0.2, 0) is 10.0 Å². The van der Waals surface area contributed by atoms with E-state index >= 15 is 0 Å². The molecule has 102 valence electrons. The Hall–Kier alpha value is 0.0500. The van der Waals surface area contributed by atoms with Crippen molar-refractivity contribution in [3.05, 3.63) is 15.9 Å². The summed E-state index contributed by atoms with van der Waals surface area (Å²) >= 11 is 4.48. The summed E-state index contributed by atoms with van der Waals surface area (Å²) in [4.78, 5) is 0. The summed E-state index contributed by atoms with van der Waals surface area (Å²) in [7, 11) is -3.35. The lowest BCUT2D eigenvalue weighted by Crippen LogP contribution is -2.33. The van der Waals surface area contributed by atoms with Gasteiger partial charge in [-0.1, -0.05) is 0 Å². The molecule has 4 nitrogen and oxygen atoms in total. The van der Waals surface area contributed by atoms with Crippen LogP contribution in [0.3, 0.4) is 0 Å². The fraction of sp³-hybridized carbons (Fsp3) is 0.636. The third-order valence-corrected chi connectivity index (χ3v) is 7.20. The van der Waals surface area contributed by atoms with E-state index in [0.29, 0.717) is 21.1 Å². The SMILES string of the molecule is O=S(=O)(NCCC1CCCNC1)c1sccc1Br. The van der Waals surface area contributed by atoms with Crippen LogP contribution >= 0.6 is 27.3 Å². The normalized spacial score (nSPS) is 21.1. The first-order valence-corrected chi connectivity index (χ1v) is 9.18. The minimum absolute atomic E-state index is 0.365. The summed E-state index contributed by atoms with van der Waals surface area (Å²) in [5.74, 6) is 0.591. The van der Waals surface area contributed by atoms with Gasteiger partial charge in [0.1, 0.15) is 4.21 Å². The van der Waals surface area contributed by atoms with Crippen molar-refractivity contribution in [2.75, 3.05) is 19.6 Å². The van der Waals surface area contributed by atoms with Gasteiger partial charge in [0.25, 0.3) is 10.0 Å². The molecule has 0 bridgehead atoms. The van der Waals surface area contributed by atoms with E-state index in [9.17, 15) is 8.42 Å². The van der Waals surface area contributed by atoms with E-state index in [2.05, 4.69) is 26.0 Å². The standard InChI is InChI=1S/C11H17BrN2O2S2/c12-10-4-7-17-11(10)18(15,16)14-6-3-9-2-1-5-13-8-9/h4,7,9,13-14H,1-3,5-6,8H2. The molecule has 1 saturated heterocycles. The summed E-state index contributed by atoms with van der Waals surface area (Å²) in [5, 5.41) is 5.10. The van der Waals surface area contributed by atoms with E-state index in [0.717, 1.165) is 19.5 Å². The summed E-state index contributed by atoms with van der Waals surface area (Å²) in [5.41, 5.74) is 0. The van der Waals surface area contributed by atoms with Crippen LogP contribution in [0.2, 0.25) is 0 Å². The Morgan fingerprint density at radius 2 is 2.39 bits per heavy atom. The number of rotatable bonds is 5. The van der Waals surface area contributed by atoms with E-state index < -0.39 is 10.0 Å². The molecule has 7 heteroatoms. The van der Waals surface area contributed by atoms with Crippen molar-refractivity contribution in [1.82, 2.24) is 10.0 Å². The molecule has 1 aliphatic heterocycles. The Labute approximate surface area is 120 Å². The maximum atomic E-state index is 12.0. The zero-order valence-electron chi connectivity index (χ0n) is 9.99. The summed E-state index contributed by atoms with van der Waals surface area (Å²) < 4.78 is 27.7. The molecule has 1 unspecified atom stereocenters. The second-order valence-corrected chi connectivity index (χ2v) is 8.19. The van der Waals surface area contributed by atoms with Crippen LogP contribution in [0.1, 0.15) is 19.3 Å². The molecular formula is C11H17BrN2O2S2. The average molecular weight is 353 g/mol. The Morgan fingerprint density at radius 1 is 1.56 bits per heavy atom. The van der Waals surface area contributed by atoms with E-state index in [1.807, 2.05) is 0 Å². The number of sulfonamides is 1. The fourth-order valence-electron chi connectivity index (χ4n) is 2.10. The molecule has 0 amide bonds. The van der Waals surface area contributed by atoms with Gasteiger partial charge in [0.2, 0.25) is 0 Å². The van der Waals surface area contributed by atoms with Crippen LogP contribution in [0.25, 0.3) is 0 Å². The number of nitrogens with one attached hydrogen (secondary N) is 2. The zero-order valence-corrected chi connectivity index (χ0v) is 13.2. The summed E-state index contributed by atoms with van der Waals surface area (Å²) in [6.45, 7) is 2.60. The Bertz CT molecular complexity index is 481. The smallest absolute Gasteiger partial charge is 0.251 e. The van der Waals surface area contributed by atoms with Crippen LogP contribution in [0.5, 0.6) is 0 Å². The summed E-state index contributed by atoms with van der Waals surface area (Å²) in [6, 6.07) is 1.75. The van der Waals surface area contributed by atoms with Gasteiger partial charge in [0.15, 0.2) is 0 Å². The van der Waals surface area contributed by atoms with Crippen molar-refractivity contribution in [2.24, 2.45) is 5.92 Å². The van der Waals surface area contributed by atoms with Crippen molar-refractivity contribution in [1.29, 1.82) is 0 Å². The van der Waals surface area contributed by atoms with Gasteiger partial charge in [-0.2, -0.15) is 0 Å². The Kier molecular flexibility index (Phi) is 5.20. The van der Waals surface area contributed by atoms with Gasteiger partial charge in [-0.25, -0.2) is 13.1 Å². The highest BCUT2D eigenvalue weighted by Gasteiger charge is 2.19. The number of thiophene rings is 1. The monoisotopic (exact) mass is 352 g/mol. The molecule has 0 spiro atoms. The fourth-order valence-corrected chi connectivity index (χ4v) is 5.53. The first-order valence-electron chi connectivity index (χ1n) is 6.03. The third-order valence-electron chi connectivity index (χ3n) is 3.07. The van der Waals surface area contributed by atoms with Crippen molar-refractivity contribution in [3.8, 4) is 0 Å². The second-order valence-electron chi connectivity index (χ2n) is 4.45. The zero-order chi connectivity index (χ0) is 13.0. The second kappa shape index (κ2) is 6.47. The molecule has 1 aromatic rings. The molecule has 18 heavy (non-hydrogen) atoms. The van der Waals surface area contributed by atoms with Gasteiger partial charge >= 0.3 is 0 Å². The average Bonchev–Trinajstić information content (AvgIpc) is 2.77. The summed E-state index contributed by atoms with van der Waals surface area (Å²) in [6.07, 6.45) is 3.28. The van der Waals surface area contributed by atoms with Crippen LogP contribution in [-0.4, -0.2) is 28.1 Å². The van der Waals surface area contributed by atoms with Crippen molar-refractivity contribution >= 4 is 37.3 Å². The molecule has 2 heterocycles. The number of halogens is 1. The minimum Gasteiger partial charge on any atom is -0.316 e. The molecule has 1 atom stereocenters. The molecule has 0 aliphatic carbocycles. The van der Waals surface area contributed by atoms with Crippen LogP contribution in [0.15, 0.2) is 20.1 Å². The van der Waals surface area contributed by atoms with Gasteiger partial charge in [-0.05, 0) is 65.6 Å². The lowest BCUT2D eigenvalue weighted by Gasteiger charge is -2.22. The van der Waals surface area contributed by atoms with Crippen molar-refractivity contribution in [2.45, 2.75) is 23.5 Å². The van der Waals surface area contributed by atoms with Crippen LogP contribution < -0.4 is 10.0 Å². The van der Waals surface area contributed by atoms with E-state index in [-0.39, 0.29) is 0 Å². The van der Waals surface area contributed by atoms with Gasteiger partial charge in [-0.3, -0.25) is 0 Å². The van der Waals surface area contributed by atoms with Gasteiger partial charge < -0.3 is 5.32 Å². The Morgan fingerprint density at radius 3 is 3.00 bits per heavy atom. The van der Waals surface area contributed by atoms with E-state index in [4.69, 9.17) is 0 Å². The highest BCUT2D eigenvalue weighted by atomic mass is 79.9. The topological polar surface area (TPSA) is 58.2 Å². The van der Waals surface area contributed by atoms with Gasteiger partial charge in [0.05, 0.1) is 0 Å². The highest BCUT2D eigenvalue weighted by Crippen LogP contribution is 2.27. The number of piperidine rings is 1. The maximum Gasteiger partial charge on any atom is 0.251 e. The van der Waals surface area contributed by atoms with Crippen molar-refractivity contribution in [3.63, 3.8) is 0 Å². The number of hydrogen-bond donors (Lipinski definition) is 2. The molecule has 1 aliphatic rings. The van der Waals surface area contributed by atoms with Gasteiger partial charge in [-0.15, -0.1) is 11.3 Å². The quantitative estimate of drug-likeness (QED) is 0.853. The van der Waals surface area contributed by atoms with Crippen molar-refractivity contribution < 1.29 is 8.42 Å². The number of hydrogen-bond acceptors (Lipinski definition) is 4. The molecule has 1 aromatic heterocycles. The van der Waals surface area contributed by atoms with E-state index in [1.54, 1.807) is 11.4 Å². The maximum absolute atomic E-state index is 12.0. The molecule has 2 rings (SSSR count). The minimum atomic E-state index is -3.35. The van der Waals surface area contributed by atoms with Crippen LogP contribution in [0.4, 0.5) is 0 Å². The molecule has 1 fully saturated rings. The third kappa shape index (κ3) is 3.77. The predicted molar refractivity (Wildman–Crippen MR) is 77.4 cm³/mol. The predicted octanol–water partition coefficient (Wildman–Crippen LogP) is 2.18. The van der Waals surface area contributed by atoms with Crippen LogP contribution in [0, 0.1) is 5.92 Å². The lowest BCUT2D eigenvalue weighted by molar-refractivity contribution is 0.358. The first-order chi connectivity index (χ1) is 8.59. The van der Waals surface area contributed by atoms with Gasteiger partial charge in [0, 0.05) is 11.0 Å². The molecule has 2 N–H and O–H groups in total. The molecular weight excluding hydrogens is 336 g/mol. The first kappa shape index (κ1) is 14.5. The lowest BCUT2D eigenvalue weighted by atomic mass is 9.96. The molecule has 0 saturated carbocycles. The Balaban J connectivity index is 1.84. The largest absolute Gasteiger partial charge is 0.316 e. The molecule has 0 radical (unpaired) electrons.